The first kappa shape index (κ1) is 17.2. The van der Waals surface area contributed by atoms with Crippen molar-refractivity contribution < 1.29 is 9.16 Å². The lowest BCUT2D eigenvalue weighted by molar-refractivity contribution is 0.188. The molecule has 0 heterocycles. The molecule has 1 atom stereocenters. The van der Waals surface area contributed by atoms with Crippen LogP contribution < -0.4 is 10.5 Å². The molecule has 4 heteroatoms. The highest BCUT2D eigenvalue weighted by molar-refractivity contribution is 6.74. The van der Waals surface area contributed by atoms with Gasteiger partial charge in [0.2, 0.25) is 0 Å². The van der Waals surface area contributed by atoms with Crippen molar-refractivity contribution >= 4 is 8.32 Å². The summed E-state index contributed by atoms with van der Waals surface area (Å²) in [6.45, 7) is 11.8. The van der Waals surface area contributed by atoms with Gasteiger partial charge in [0.15, 0.2) is 8.32 Å². The molecule has 0 aliphatic rings. The van der Waals surface area contributed by atoms with E-state index in [1.807, 2.05) is 12.1 Å². The molecule has 1 unspecified atom stereocenters. The predicted molar refractivity (Wildman–Crippen MR) is 87.8 cm³/mol. The summed E-state index contributed by atoms with van der Waals surface area (Å²) in [5, 5.41) is 0.209. The molecule has 0 spiro atoms. The Morgan fingerprint density at radius 2 is 1.70 bits per heavy atom. The molecule has 3 nitrogen and oxygen atoms in total. The van der Waals surface area contributed by atoms with Crippen molar-refractivity contribution in [1.82, 2.24) is 0 Å². The summed E-state index contributed by atoms with van der Waals surface area (Å²) in [7, 11) is -0.0865. The van der Waals surface area contributed by atoms with Crippen LogP contribution in [-0.2, 0) is 10.8 Å². The molecule has 0 radical (unpaired) electrons. The van der Waals surface area contributed by atoms with Gasteiger partial charge in [-0.15, -0.1) is 0 Å². The first-order valence-electron chi connectivity index (χ1n) is 7.20. The number of rotatable bonds is 6. The smallest absolute Gasteiger partial charge is 0.192 e. The van der Waals surface area contributed by atoms with Crippen molar-refractivity contribution in [2.45, 2.75) is 51.4 Å². The van der Waals surface area contributed by atoms with E-state index in [4.69, 9.17) is 14.9 Å². The fourth-order valence-corrected chi connectivity index (χ4v) is 3.16. The Bertz CT molecular complexity index is 409. The van der Waals surface area contributed by atoms with Crippen molar-refractivity contribution in [1.29, 1.82) is 0 Å². The molecule has 1 aromatic rings. The predicted octanol–water partition coefficient (Wildman–Crippen LogP) is 3.59. The molecule has 0 saturated heterocycles. The summed E-state index contributed by atoms with van der Waals surface area (Å²) in [5.41, 5.74) is 7.14. The van der Waals surface area contributed by atoms with Gasteiger partial charge in [-0.1, -0.05) is 32.9 Å². The third-order valence-electron chi connectivity index (χ3n) is 4.15. The van der Waals surface area contributed by atoms with E-state index in [9.17, 15) is 0 Å². The average Bonchev–Trinajstić information content (AvgIpc) is 2.37. The lowest BCUT2D eigenvalue weighted by Gasteiger charge is -2.39. The first-order valence-corrected chi connectivity index (χ1v) is 10.1. The quantitative estimate of drug-likeness (QED) is 0.816. The highest BCUT2D eigenvalue weighted by Crippen LogP contribution is 2.37. The molecule has 2 N–H and O–H groups in total. The van der Waals surface area contributed by atoms with Crippen molar-refractivity contribution in [3.05, 3.63) is 29.8 Å². The van der Waals surface area contributed by atoms with Gasteiger partial charge < -0.3 is 14.9 Å². The molecule has 0 amide bonds. The number of hydrogen-bond acceptors (Lipinski definition) is 3. The monoisotopic (exact) mass is 295 g/mol. The van der Waals surface area contributed by atoms with Crippen LogP contribution in [0.4, 0.5) is 0 Å². The molecule has 114 valence electrons. The van der Waals surface area contributed by atoms with Gasteiger partial charge in [-0.3, -0.25) is 0 Å². The SMILES string of the molecule is COc1ccc(CC(CN)O[Si](C)(C)C(C)(C)C)cc1. The van der Waals surface area contributed by atoms with E-state index < -0.39 is 8.32 Å². The molecule has 0 bridgehead atoms. The Hall–Kier alpha value is -0.843. The van der Waals surface area contributed by atoms with Crippen molar-refractivity contribution in [3.63, 3.8) is 0 Å². The summed E-state index contributed by atoms with van der Waals surface area (Å²) in [6, 6.07) is 8.12. The highest BCUT2D eigenvalue weighted by atomic mass is 28.4. The number of hydrogen-bond donors (Lipinski definition) is 1. The number of benzene rings is 1. The fraction of sp³-hybridized carbons (Fsp3) is 0.625. The largest absolute Gasteiger partial charge is 0.497 e. The molecule has 0 aliphatic heterocycles. The molecule has 20 heavy (non-hydrogen) atoms. The van der Waals surface area contributed by atoms with Crippen LogP contribution in [0.1, 0.15) is 26.3 Å². The van der Waals surface area contributed by atoms with Gasteiger partial charge in [-0.05, 0) is 42.2 Å². The van der Waals surface area contributed by atoms with Crippen LogP contribution in [0.5, 0.6) is 5.75 Å². The maximum atomic E-state index is 6.39. The highest BCUT2D eigenvalue weighted by Gasteiger charge is 2.38. The van der Waals surface area contributed by atoms with Gasteiger partial charge in [0, 0.05) is 6.54 Å². The van der Waals surface area contributed by atoms with Gasteiger partial charge in [0.1, 0.15) is 5.75 Å². The minimum absolute atomic E-state index is 0.0873. The number of ether oxygens (including phenoxy) is 1. The summed E-state index contributed by atoms with van der Waals surface area (Å²) >= 11 is 0. The Balaban J connectivity index is 2.72. The Morgan fingerprint density at radius 3 is 2.10 bits per heavy atom. The topological polar surface area (TPSA) is 44.5 Å². The fourth-order valence-electron chi connectivity index (χ4n) is 1.79. The third kappa shape index (κ3) is 4.61. The lowest BCUT2D eigenvalue weighted by atomic mass is 10.1. The average molecular weight is 295 g/mol. The van der Waals surface area contributed by atoms with Crippen LogP contribution in [0.2, 0.25) is 18.1 Å². The summed E-state index contributed by atoms with van der Waals surface area (Å²) in [4.78, 5) is 0. The maximum Gasteiger partial charge on any atom is 0.192 e. The molecule has 0 aliphatic carbocycles. The van der Waals surface area contributed by atoms with Gasteiger partial charge in [-0.25, -0.2) is 0 Å². The van der Waals surface area contributed by atoms with E-state index in [0.29, 0.717) is 6.54 Å². The van der Waals surface area contributed by atoms with E-state index in [0.717, 1.165) is 12.2 Å². The second-order valence-corrected chi connectivity index (χ2v) is 11.5. The van der Waals surface area contributed by atoms with Gasteiger partial charge in [0.05, 0.1) is 13.2 Å². The Kier molecular flexibility index (Phi) is 5.80. The van der Waals surface area contributed by atoms with Crippen LogP contribution in [0.25, 0.3) is 0 Å². The van der Waals surface area contributed by atoms with Crippen molar-refractivity contribution in [2.24, 2.45) is 5.73 Å². The molecular formula is C16H29NO2Si. The van der Waals surface area contributed by atoms with Crippen LogP contribution in [0.3, 0.4) is 0 Å². The summed E-state index contributed by atoms with van der Waals surface area (Å²) < 4.78 is 11.6. The van der Waals surface area contributed by atoms with Crippen molar-refractivity contribution in [2.75, 3.05) is 13.7 Å². The van der Waals surface area contributed by atoms with E-state index in [1.54, 1.807) is 7.11 Å². The second kappa shape index (κ2) is 6.74. The van der Waals surface area contributed by atoms with Crippen LogP contribution in [-0.4, -0.2) is 28.1 Å². The lowest BCUT2D eigenvalue weighted by Crippen LogP contribution is -2.46. The Morgan fingerprint density at radius 1 is 1.15 bits per heavy atom. The standard InChI is InChI=1S/C16H29NO2Si/c1-16(2,3)20(5,6)19-15(12-17)11-13-7-9-14(18-4)10-8-13/h7-10,15H,11-12,17H2,1-6H3. The maximum absolute atomic E-state index is 6.39. The van der Waals surface area contributed by atoms with Gasteiger partial charge >= 0.3 is 0 Å². The van der Waals surface area contributed by atoms with E-state index in [2.05, 4.69) is 46.0 Å². The first-order chi connectivity index (χ1) is 9.19. The Labute approximate surface area is 124 Å². The minimum atomic E-state index is -1.77. The van der Waals surface area contributed by atoms with E-state index >= 15 is 0 Å². The zero-order valence-electron chi connectivity index (χ0n) is 13.7. The zero-order valence-corrected chi connectivity index (χ0v) is 14.7. The van der Waals surface area contributed by atoms with E-state index in [1.165, 1.54) is 5.56 Å². The third-order valence-corrected chi connectivity index (χ3v) is 8.69. The number of methoxy groups -OCH3 is 1. The van der Waals surface area contributed by atoms with Gasteiger partial charge in [0.25, 0.3) is 0 Å². The summed E-state index contributed by atoms with van der Waals surface area (Å²) in [6.07, 6.45) is 0.941. The normalized spacial score (nSPS) is 14.2. The second-order valence-electron chi connectivity index (χ2n) is 6.79. The zero-order chi connectivity index (χ0) is 15.4. The van der Waals surface area contributed by atoms with E-state index in [-0.39, 0.29) is 11.1 Å². The van der Waals surface area contributed by atoms with Crippen LogP contribution >= 0.6 is 0 Å². The molecule has 1 rings (SSSR count). The minimum Gasteiger partial charge on any atom is -0.497 e. The van der Waals surface area contributed by atoms with Crippen LogP contribution in [0, 0.1) is 0 Å². The molecule has 1 aromatic carbocycles. The van der Waals surface area contributed by atoms with Crippen molar-refractivity contribution in [3.8, 4) is 5.75 Å². The number of nitrogens with two attached hydrogens (primary N) is 1. The molecule has 0 aromatic heterocycles. The molecular weight excluding hydrogens is 266 g/mol. The van der Waals surface area contributed by atoms with Gasteiger partial charge in [-0.2, -0.15) is 0 Å². The molecule has 0 fully saturated rings. The van der Waals surface area contributed by atoms with Crippen LogP contribution in [0.15, 0.2) is 24.3 Å². The molecule has 0 saturated carbocycles. The summed E-state index contributed by atoms with van der Waals surface area (Å²) in [5.74, 6) is 0.878.